The van der Waals surface area contributed by atoms with Gasteiger partial charge >= 0.3 is 0 Å². The number of aldehydes is 1. The lowest BCUT2D eigenvalue weighted by atomic mass is 10.0. The number of hydrogen-bond acceptors (Lipinski definition) is 5. The summed E-state index contributed by atoms with van der Waals surface area (Å²) in [6.07, 6.45) is 1.26. The van der Waals surface area contributed by atoms with Crippen LogP contribution in [0.3, 0.4) is 0 Å². The van der Waals surface area contributed by atoms with E-state index < -0.39 is 24.4 Å². The van der Waals surface area contributed by atoms with Gasteiger partial charge in [-0.25, -0.2) is 0 Å². The largest absolute Gasteiger partial charge is 0.393 e. The Kier molecular flexibility index (Phi) is 8.89. The minimum absolute atomic E-state index is 0.124. The molecule has 0 aliphatic carbocycles. The van der Waals surface area contributed by atoms with Crippen LogP contribution in [0, 0.1) is 0 Å². The number of allylic oxidation sites excluding steroid dienone is 1. The van der Waals surface area contributed by atoms with Gasteiger partial charge in [-0.2, -0.15) is 0 Å². The van der Waals surface area contributed by atoms with Crippen molar-refractivity contribution in [3.05, 3.63) is 12.2 Å². The Morgan fingerprint density at radius 2 is 1.47 bits per heavy atom. The van der Waals surface area contributed by atoms with E-state index in [0.717, 1.165) is 0 Å². The van der Waals surface area contributed by atoms with Crippen molar-refractivity contribution in [1.29, 1.82) is 0 Å². The number of hydrogen-bond donors (Lipinski definition) is 4. The first-order valence-electron chi connectivity index (χ1n) is 5.78. The van der Waals surface area contributed by atoms with Gasteiger partial charge in [-0.1, -0.05) is 6.08 Å². The van der Waals surface area contributed by atoms with E-state index in [0.29, 0.717) is 12.7 Å². The summed E-state index contributed by atoms with van der Waals surface area (Å²) in [5.41, 5.74) is 0. The molecule has 0 fully saturated rings. The Labute approximate surface area is 101 Å². The molecule has 17 heavy (non-hydrogen) atoms. The smallest absolute Gasteiger partial charge is 0.142 e. The van der Waals surface area contributed by atoms with E-state index in [1.807, 2.05) is 0 Å². The van der Waals surface area contributed by atoms with Crippen LogP contribution in [0.2, 0.25) is 0 Å². The second-order valence-corrected chi connectivity index (χ2v) is 4.32. The fourth-order valence-electron chi connectivity index (χ4n) is 1.60. The molecule has 0 aliphatic heterocycles. The van der Waals surface area contributed by atoms with E-state index in [1.165, 1.54) is 12.2 Å². The average Bonchev–Trinajstić information content (AvgIpc) is 2.15. The highest BCUT2D eigenvalue weighted by atomic mass is 16.3. The zero-order valence-electron chi connectivity index (χ0n) is 10.1. The Morgan fingerprint density at radius 1 is 0.941 bits per heavy atom. The molecule has 0 aromatic rings. The normalized spacial score (nSPS) is 18.9. The standard InChI is InChI=1S/C12H22O5/c1-9(14)6-11(16)8-12(17)7-10(15)4-2-3-5-13/h2-3,5,9-12,14-17H,4,6-8H2,1H3/b3-2-. The molecular formula is C12H22O5. The molecule has 0 saturated carbocycles. The van der Waals surface area contributed by atoms with E-state index in [4.69, 9.17) is 5.11 Å². The Hall–Kier alpha value is -0.750. The lowest BCUT2D eigenvalue weighted by Crippen LogP contribution is -2.24. The molecule has 0 aromatic carbocycles. The van der Waals surface area contributed by atoms with Crippen molar-refractivity contribution < 1.29 is 25.2 Å². The number of carbonyl (C=O) groups excluding carboxylic acids is 1. The predicted molar refractivity (Wildman–Crippen MR) is 63.4 cm³/mol. The fraction of sp³-hybridized carbons (Fsp3) is 0.750. The topological polar surface area (TPSA) is 98.0 Å². The van der Waals surface area contributed by atoms with Gasteiger partial charge in [0.15, 0.2) is 0 Å². The van der Waals surface area contributed by atoms with Crippen LogP contribution in [-0.2, 0) is 4.79 Å². The van der Waals surface area contributed by atoms with E-state index >= 15 is 0 Å². The van der Waals surface area contributed by atoms with Crippen LogP contribution in [0.1, 0.15) is 32.6 Å². The van der Waals surface area contributed by atoms with Crippen molar-refractivity contribution >= 4 is 6.29 Å². The van der Waals surface area contributed by atoms with E-state index in [1.54, 1.807) is 6.92 Å². The molecule has 0 bridgehead atoms. The third-order valence-electron chi connectivity index (χ3n) is 2.32. The second kappa shape index (κ2) is 9.30. The highest BCUT2D eigenvalue weighted by Gasteiger charge is 2.16. The third kappa shape index (κ3) is 10.1. The number of aliphatic hydroxyl groups excluding tert-OH is 4. The van der Waals surface area contributed by atoms with Gasteiger partial charge in [-0.15, -0.1) is 0 Å². The third-order valence-corrected chi connectivity index (χ3v) is 2.32. The van der Waals surface area contributed by atoms with Gasteiger partial charge in [-0.05, 0) is 38.7 Å². The molecule has 4 N–H and O–H groups in total. The maximum absolute atomic E-state index is 9.98. The van der Waals surface area contributed by atoms with E-state index in [-0.39, 0.29) is 19.3 Å². The summed E-state index contributed by atoms with van der Waals surface area (Å²) < 4.78 is 0. The van der Waals surface area contributed by atoms with Crippen LogP contribution in [0.4, 0.5) is 0 Å². The van der Waals surface area contributed by atoms with Gasteiger partial charge in [-0.3, -0.25) is 4.79 Å². The molecule has 0 heterocycles. The van der Waals surface area contributed by atoms with Crippen LogP contribution in [0.5, 0.6) is 0 Å². The molecular weight excluding hydrogens is 224 g/mol. The number of rotatable bonds is 9. The quantitative estimate of drug-likeness (QED) is 0.333. The monoisotopic (exact) mass is 246 g/mol. The van der Waals surface area contributed by atoms with E-state index in [2.05, 4.69) is 0 Å². The molecule has 5 heteroatoms. The molecule has 4 atom stereocenters. The summed E-state index contributed by atoms with van der Waals surface area (Å²) in [4.78, 5) is 9.98. The van der Waals surface area contributed by atoms with Gasteiger partial charge in [0, 0.05) is 0 Å². The minimum Gasteiger partial charge on any atom is -0.393 e. The summed E-state index contributed by atoms with van der Waals surface area (Å²) in [6, 6.07) is 0. The van der Waals surface area contributed by atoms with Gasteiger partial charge in [0.2, 0.25) is 0 Å². The Morgan fingerprint density at radius 3 is 2.00 bits per heavy atom. The van der Waals surface area contributed by atoms with Crippen LogP contribution >= 0.6 is 0 Å². The van der Waals surface area contributed by atoms with Crippen LogP contribution in [-0.4, -0.2) is 51.1 Å². The highest BCUT2D eigenvalue weighted by molar-refractivity contribution is 5.64. The SMILES string of the molecule is CC(O)CC(O)CC(O)CC(O)C/C=C\C=O. The molecule has 5 nitrogen and oxygen atoms in total. The zero-order chi connectivity index (χ0) is 13.3. The first-order chi connectivity index (χ1) is 7.95. The summed E-state index contributed by atoms with van der Waals surface area (Å²) in [5.74, 6) is 0. The summed E-state index contributed by atoms with van der Waals surface area (Å²) >= 11 is 0. The van der Waals surface area contributed by atoms with Gasteiger partial charge in [0.25, 0.3) is 0 Å². The molecule has 4 unspecified atom stereocenters. The highest BCUT2D eigenvalue weighted by Crippen LogP contribution is 2.11. The molecule has 0 rings (SSSR count). The van der Waals surface area contributed by atoms with Crippen LogP contribution in [0.25, 0.3) is 0 Å². The predicted octanol–water partition coefficient (Wildman–Crippen LogP) is -0.235. The first-order valence-corrected chi connectivity index (χ1v) is 5.78. The van der Waals surface area contributed by atoms with Gasteiger partial charge in [0.1, 0.15) is 6.29 Å². The van der Waals surface area contributed by atoms with Crippen molar-refractivity contribution in [2.24, 2.45) is 0 Å². The number of aliphatic hydroxyl groups is 4. The van der Waals surface area contributed by atoms with Crippen molar-refractivity contribution in [3.8, 4) is 0 Å². The average molecular weight is 246 g/mol. The minimum atomic E-state index is -0.816. The summed E-state index contributed by atoms with van der Waals surface area (Å²) in [5, 5.41) is 37.5. The van der Waals surface area contributed by atoms with Crippen molar-refractivity contribution in [3.63, 3.8) is 0 Å². The molecule has 100 valence electrons. The Balaban J connectivity index is 3.79. The lowest BCUT2D eigenvalue weighted by molar-refractivity contribution is -0.104. The maximum Gasteiger partial charge on any atom is 0.142 e. The molecule has 0 aromatic heterocycles. The molecule has 0 amide bonds. The first kappa shape index (κ1) is 16.2. The second-order valence-electron chi connectivity index (χ2n) is 4.32. The van der Waals surface area contributed by atoms with E-state index in [9.17, 15) is 20.1 Å². The van der Waals surface area contributed by atoms with Crippen molar-refractivity contribution in [1.82, 2.24) is 0 Å². The summed E-state index contributed by atoms with van der Waals surface area (Å²) in [7, 11) is 0. The van der Waals surface area contributed by atoms with Crippen molar-refractivity contribution in [2.75, 3.05) is 0 Å². The molecule has 0 saturated heterocycles. The maximum atomic E-state index is 9.98. The lowest BCUT2D eigenvalue weighted by Gasteiger charge is -2.18. The number of carbonyl (C=O) groups is 1. The molecule has 0 aliphatic rings. The summed E-state index contributed by atoms with van der Waals surface area (Å²) in [6.45, 7) is 1.56. The van der Waals surface area contributed by atoms with Crippen LogP contribution < -0.4 is 0 Å². The molecule has 0 spiro atoms. The zero-order valence-corrected chi connectivity index (χ0v) is 10.1. The Bertz CT molecular complexity index is 227. The van der Waals surface area contributed by atoms with Gasteiger partial charge < -0.3 is 20.4 Å². The van der Waals surface area contributed by atoms with Gasteiger partial charge in [0.05, 0.1) is 24.4 Å². The van der Waals surface area contributed by atoms with Crippen LogP contribution in [0.15, 0.2) is 12.2 Å². The fourth-order valence-corrected chi connectivity index (χ4v) is 1.60. The van der Waals surface area contributed by atoms with Crippen molar-refractivity contribution in [2.45, 2.75) is 57.0 Å². The molecule has 0 radical (unpaired) electrons.